The van der Waals surface area contributed by atoms with E-state index in [4.69, 9.17) is 25.7 Å². The van der Waals surface area contributed by atoms with Gasteiger partial charge in [-0.2, -0.15) is 0 Å². The number of carboxylic acid groups (broad SMARTS) is 1. The molecule has 0 bridgehead atoms. The van der Waals surface area contributed by atoms with Gasteiger partial charge in [-0.25, -0.2) is 0 Å². The number of ether oxygens (including phenoxy) is 3. The Hall–Kier alpha value is -9.43. The lowest BCUT2D eigenvalue weighted by Gasteiger charge is -2.30. The minimum Gasteiger partial charge on any atom is -0.508 e. The number of rotatable bonds is 20. The van der Waals surface area contributed by atoms with Crippen LogP contribution in [0.2, 0.25) is 0 Å². The second-order valence-electron chi connectivity index (χ2n) is 20.5. The number of benzene rings is 2. The first kappa shape index (κ1) is 72.0. The van der Waals surface area contributed by atoms with Crippen molar-refractivity contribution in [3.63, 3.8) is 0 Å². The lowest BCUT2D eigenvalue weighted by molar-refractivity contribution is -0.145. The highest BCUT2D eigenvalue weighted by atomic mass is 32.2. The van der Waals surface area contributed by atoms with Gasteiger partial charge in [-0.3, -0.25) is 67.1 Å². The first-order chi connectivity index (χ1) is 42.3. The van der Waals surface area contributed by atoms with Gasteiger partial charge in [0.25, 0.3) is 0 Å². The van der Waals surface area contributed by atoms with Crippen molar-refractivity contribution in [1.82, 2.24) is 52.8 Å². The number of thioether (sulfide) groups is 1. The van der Waals surface area contributed by atoms with Gasteiger partial charge < -0.3 is 88.6 Å². The normalized spacial score (nSPS) is 23.6. The molecule has 2 heterocycles. The van der Waals surface area contributed by atoms with Crippen LogP contribution in [0.25, 0.3) is 0 Å². The molecule has 31 nitrogen and oxygen atoms in total. The van der Waals surface area contributed by atoms with E-state index in [9.17, 15) is 77.3 Å². The quantitative estimate of drug-likeness (QED) is 0.0337. The molecule has 0 radical (unpaired) electrons. The van der Waals surface area contributed by atoms with E-state index < -0.39 is 188 Å². The Balaban J connectivity index is 1.82. The van der Waals surface area contributed by atoms with E-state index in [-0.39, 0.29) is 56.9 Å². The van der Waals surface area contributed by atoms with Crippen LogP contribution in [0, 0.1) is 6.92 Å². The molecule has 0 saturated carbocycles. The summed E-state index contributed by atoms with van der Waals surface area (Å²) in [6, 6.07) is -2.50. The number of primary amides is 2. The minimum atomic E-state index is -1.96. The van der Waals surface area contributed by atoms with Gasteiger partial charge in [-0.05, 0) is 55.0 Å². The van der Waals surface area contributed by atoms with Gasteiger partial charge in [0.2, 0.25) is 70.9 Å². The Morgan fingerprint density at radius 1 is 0.674 bits per heavy atom. The summed E-state index contributed by atoms with van der Waals surface area (Å²) in [6.45, 7) is 6.40. The zero-order chi connectivity index (χ0) is 65.7. The SMILES string of the molecule is C=CCOCC1NC(=O)CSCC(C(N)=O)NC(=O)C2CCCN2C(=O)C(COCC=C)NC(=O)C(CC(N)=O)NC(=O)C(CC(=O)OC)NC(=O)C(Cc2ccc(O)cc2C)NC(=O)CNC(=O)C(CCC(=O)O)NC(=O)C(Cc2ccccc2)NC1=O. The van der Waals surface area contributed by atoms with Crippen LogP contribution in [-0.2, 0) is 94.2 Å². The Labute approximate surface area is 515 Å². The van der Waals surface area contributed by atoms with Crippen molar-refractivity contribution >= 4 is 94.6 Å². The molecule has 2 fully saturated rings. The van der Waals surface area contributed by atoms with Crippen molar-refractivity contribution in [3.05, 3.63) is 90.5 Å². The van der Waals surface area contributed by atoms with E-state index >= 15 is 0 Å². The molecular formula is C57H76N12O19S. The molecule has 2 aliphatic heterocycles. The summed E-state index contributed by atoms with van der Waals surface area (Å²) in [4.78, 5) is 192. The fourth-order valence-electron chi connectivity index (χ4n) is 9.07. The molecule has 89 heavy (non-hydrogen) atoms. The number of aliphatic carboxylic acids is 1. The largest absolute Gasteiger partial charge is 0.508 e. The number of carbonyl (C=O) groups is 14. The second-order valence-corrected chi connectivity index (χ2v) is 21.5. The van der Waals surface area contributed by atoms with E-state index in [0.717, 1.165) is 23.8 Å². The fraction of sp³-hybridized carbons (Fsp3) is 0.474. The molecule has 2 aliphatic rings. The van der Waals surface area contributed by atoms with E-state index in [1.165, 1.54) is 30.4 Å². The van der Waals surface area contributed by atoms with Crippen LogP contribution >= 0.6 is 11.8 Å². The topological polar surface area (TPSA) is 471 Å². The van der Waals surface area contributed by atoms with Crippen molar-refractivity contribution in [2.75, 3.05) is 58.1 Å². The molecule has 0 spiro atoms. The van der Waals surface area contributed by atoms with Gasteiger partial charge in [0.05, 0.1) is 58.7 Å². The molecule has 12 amide bonds. The summed E-state index contributed by atoms with van der Waals surface area (Å²) in [5.41, 5.74) is 12.5. The second kappa shape index (κ2) is 36.7. The van der Waals surface area contributed by atoms with Gasteiger partial charge in [0, 0.05) is 31.6 Å². The highest BCUT2D eigenvalue weighted by Gasteiger charge is 2.41. The lowest BCUT2D eigenvalue weighted by atomic mass is 9.99. The third-order valence-corrected chi connectivity index (χ3v) is 14.6. The molecule has 2 saturated heterocycles. The average Bonchev–Trinajstić information content (AvgIpc) is 2.65. The number of carbonyl (C=O) groups excluding carboxylic acids is 13. The zero-order valence-corrected chi connectivity index (χ0v) is 49.9. The van der Waals surface area contributed by atoms with Crippen LogP contribution < -0.4 is 59.3 Å². The molecule has 4 rings (SSSR count). The summed E-state index contributed by atoms with van der Waals surface area (Å²) >= 11 is 0.809. The first-order valence-corrected chi connectivity index (χ1v) is 29.1. The maximum absolute atomic E-state index is 14.4. The van der Waals surface area contributed by atoms with E-state index in [1.54, 1.807) is 37.3 Å². The number of phenols is 1. The highest BCUT2D eigenvalue weighted by molar-refractivity contribution is 8.00. The van der Waals surface area contributed by atoms with Crippen molar-refractivity contribution in [3.8, 4) is 5.75 Å². The van der Waals surface area contributed by atoms with Crippen LogP contribution in [0.5, 0.6) is 5.75 Å². The third kappa shape index (κ3) is 24.3. The van der Waals surface area contributed by atoms with Crippen LogP contribution in [0.3, 0.4) is 0 Å². The smallest absolute Gasteiger partial charge is 0.308 e. The van der Waals surface area contributed by atoms with Gasteiger partial charge in [0.15, 0.2) is 0 Å². The number of carboxylic acids is 1. The van der Waals surface area contributed by atoms with E-state index in [2.05, 4.69) is 61.0 Å². The van der Waals surface area contributed by atoms with Crippen molar-refractivity contribution in [2.24, 2.45) is 11.5 Å². The zero-order valence-electron chi connectivity index (χ0n) is 49.0. The molecule has 0 aromatic heterocycles. The Morgan fingerprint density at radius 3 is 1.83 bits per heavy atom. The van der Waals surface area contributed by atoms with Crippen LogP contribution in [0.15, 0.2) is 73.8 Å². The van der Waals surface area contributed by atoms with Crippen LogP contribution in [-0.4, -0.2) is 210 Å². The maximum Gasteiger partial charge on any atom is 0.308 e. The van der Waals surface area contributed by atoms with Crippen molar-refractivity contribution in [2.45, 2.75) is 113 Å². The number of nitrogens with zero attached hydrogens (tertiary/aromatic N) is 1. The fourth-order valence-corrected chi connectivity index (χ4v) is 9.94. The first-order valence-electron chi connectivity index (χ1n) is 28.0. The predicted octanol–water partition coefficient (Wildman–Crippen LogP) is -4.59. The molecule has 15 N–H and O–H groups in total. The molecule has 2 aromatic rings. The Morgan fingerprint density at radius 2 is 1.24 bits per heavy atom. The summed E-state index contributed by atoms with van der Waals surface area (Å²) in [5.74, 6) is -16.0. The third-order valence-electron chi connectivity index (χ3n) is 13.6. The number of methoxy groups -OCH3 is 1. The maximum atomic E-state index is 14.4. The van der Waals surface area contributed by atoms with Crippen molar-refractivity contribution < 1.29 is 91.5 Å². The minimum absolute atomic E-state index is 0.0467. The number of aromatic hydroxyl groups is 1. The summed E-state index contributed by atoms with van der Waals surface area (Å²) in [5, 5.41) is 41.6. The van der Waals surface area contributed by atoms with Crippen molar-refractivity contribution in [1.29, 1.82) is 0 Å². The standard InChI is InChI=1S/C57H76N12O19S/c1-5-19-87-27-40-55(83)64-36(22-32-11-8-7-9-12-32)51(79)63-35(16-17-47(74)75)50(78)60-26-45(72)61-37(23-33-14-15-34(70)21-31(33)3)52(80)66-39(25-48(76)86-4)54(82)65-38(24-44(58)71)53(81)67-41(28-88-20-6-2)57(85)69-18-10-13-43(69)56(84)68-42(49(59)77)29-89-30-46(73)62-40/h5-9,11-12,14-15,21,35-43,70H,1-2,10,13,16-20,22-30H2,3-4H3,(H2,58,71)(H2,59,77)(H,60,78)(H,61,72)(H,62,73)(H,63,79)(H,64,83)(H,65,82)(H,66,80)(H,67,81)(H,68,84)(H,74,75). The molecular weight excluding hydrogens is 1190 g/mol. The number of nitrogens with two attached hydrogens (primary N) is 2. The van der Waals surface area contributed by atoms with E-state index in [0.29, 0.717) is 16.7 Å². The van der Waals surface area contributed by atoms with Crippen LogP contribution in [0.4, 0.5) is 0 Å². The summed E-state index contributed by atoms with van der Waals surface area (Å²) < 4.78 is 15.8. The van der Waals surface area contributed by atoms with Gasteiger partial charge in [-0.1, -0.05) is 48.6 Å². The Kier molecular flexibility index (Phi) is 29.7. The average molecular weight is 1270 g/mol. The number of nitrogens with one attached hydrogen (secondary N) is 9. The lowest BCUT2D eigenvalue weighted by Crippen LogP contribution is -2.61. The summed E-state index contributed by atoms with van der Waals surface area (Å²) in [6.07, 6.45) is -0.778. The number of aryl methyl sites for hydroxylation is 1. The number of esters is 1. The highest BCUT2D eigenvalue weighted by Crippen LogP contribution is 2.21. The number of amides is 12. The predicted molar refractivity (Wildman–Crippen MR) is 316 cm³/mol. The number of hydrogen-bond acceptors (Lipinski definition) is 19. The van der Waals surface area contributed by atoms with Gasteiger partial charge in [0.1, 0.15) is 60.1 Å². The number of fused-ring (bicyclic) bond motifs is 1. The molecule has 0 aliphatic carbocycles. The molecule has 9 atom stereocenters. The number of phenolic OH excluding ortho intramolecular Hbond substituents is 1. The monoisotopic (exact) mass is 1260 g/mol. The van der Waals surface area contributed by atoms with Gasteiger partial charge >= 0.3 is 11.9 Å². The number of hydrogen-bond donors (Lipinski definition) is 13. The van der Waals surface area contributed by atoms with Gasteiger partial charge in [-0.15, -0.1) is 24.9 Å². The van der Waals surface area contributed by atoms with Crippen LogP contribution in [0.1, 0.15) is 55.2 Å². The molecule has 484 valence electrons. The van der Waals surface area contributed by atoms with E-state index in [1.807, 2.05) is 0 Å². The Bertz CT molecular complexity index is 2940. The molecule has 9 unspecified atom stereocenters. The summed E-state index contributed by atoms with van der Waals surface area (Å²) in [7, 11) is 0.959. The molecule has 2 aromatic carbocycles. The molecule has 32 heteroatoms.